The van der Waals surface area contributed by atoms with Crippen LogP contribution in [0.5, 0.6) is 0 Å². The van der Waals surface area contributed by atoms with Crippen molar-refractivity contribution >= 4 is 23.8 Å². The average molecular weight is 314 g/mol. The van der Waals surface area contributed by atoms with Crippen molar-refractivity contribution in [2.24, 2.45) is 0 Å². The Morgan fingerprint density at radius 1 is 1.36 bits per heavy atom. The average Bonchev–Trinajstić information content (AvgIpc) is 2.77. The zero-order valence-corrected chi connectivity index (χ0v) is 12.4. The van der Waals surface area contributed by atoms with Gasteiger partial charge in [0.2, 0.25) is 11.8 Å². The van der Waals surface area contributed by atoms with Crippen LogP contribution in [0.25, 0.3) is 0 Å². The van der Waals surface area contributed by atoms with Crippen LogP contribution in [-0.4, -0.2) is 66.8 Å². The summed E-state index contributed by atoms with van der Waals surface area (Å²) in [5.74, 6) is -1.71. The molecule has 2 saturated heterocycles. The highest BCUT2D eigenvalue weighted by Gasteiger charge is 2.45. The molecule has 3 unspecified atom stereocenters. The highest BCUT2D eigenvalue weighted by Crippen LogP contribution is 2.28. The minimum Gasteiger partial charge on any atom is -0.463 e. The first-order valence-corrected chi connectivity index (χ1v) is 6.89. The van der Waals surface area contributed by atoms with E-state index in [1.54, 1.807) is 4.90 Å². The van der Waals surface area contributed by atoms with Gasteiger partial charge in [0.05, 0.1) is 13.0 Å². The van der Waals surface area contributed by atoms with Gasteiger partial charge in [0, 0.05) is 13.8 Å². The van der Waals surface area contributed by atoms with Crippen LogP contribution in [0.4, 0.5) is 0 Å². The lowest BCUT2D eigenvalue weighted by molar-refractivity contribution is -0.161. The number of nitrogens with one attached hydrogen (secondary N) is 1. The number of fused-ring (bicyclic) bond motifs is 1. The maximum absolute atomic E-state index is 11.9. The van der Waals surface area contributed by atoms with Crippen molar-refractivity contribution in [3.63, 3.8) is 0 Å². The summed E-state index contributed by atoms with van der Waals surface area (Å²) in [6.45, 7) is 2.49. The van der Waals surface area contributed by atoms with Gasteiger partial charge < -0.3 is 24.4 Å². The summed E-state index contributed by atoms with van der Waals surface area (Å²) in [6.07, 6.45) is -0.249. The van der Waals surface area contributed by atoms with Crippen LogP contribution in [0.2, 0.25) is 0 Å². The predicted molar refractivity (Wildman–Crippen MR) is 70.2 cm³/mol. The van der Waals surface area contributed by atoms with Crippen molar-refractivity contribution in [1.82, 2.24) is 10.2 Å². The second kappa shape index (κ2) is 6.73. The summed E-state index contributed by atoms with van der Waals surface area (Å²) in [5.41, 5.74) is 0. The minimum absolute atomic E-state index is 0.0183. The normalized spacial score (nSPS) is 24.1. The molecule has 22 heavy (non-hydrogen) atoms. The molecule has 9 heteroatoms. The van der Waals surface area contributed by atoms with Crippen molar-refractivity contribution in [3.8, 4) is 0 Å². The highest BCUT2D eigenvalue weighted by atomic mass is 16.6. The van der Waals surface area contributed by atoms with E-state index in [0.29, 0.717) is 13.0 Å². The van der Waals surface area contributed by atoms with Crippen LogP contribution in [0.1, 0.15) is 20.3 Å². The molecule has 0 aromatic carbocycles. The van der Waals surface area contributed by atoms with Gasteiger partial charge in [-0.15, -0.1) is 0 Å². The molecule has 2 amide bonds. The van der Waals surface area contributed by atoms with E-state index in [4.69, 9.17) is 14.2 Å². The number of esters is 2. The van der Waals surface area contributed by atoms with Crippen LogP contribution in [0, 0.1) is 0 Å². The summed E-state index contributed by atoms with van der Waals surface area (Å²) in [6, 6.07) is -1.07. The van der Waals surface area contributed by atoms with Crippen LogP contribution in [0.3, 0.4) is 0 Å². The molecule has 2 aliphatic heterocycles. The first kappa shape index (κ1) is 16.2. The fourth-order valence-corrected chi connectivity index (χ4v) is 2.23. The number of ether oxygens (including phenoxy) is 3. The van der Waals surface area contributed by atoms with Crippen molar-refractivity contribution < 1.29 is 33.4 Å². The predicted octanol–water partition coefficient (Wildman–Crippen LogP) is -1.45. The van der Waals surface area contributed by atoms with Crippen LogP contribution in [-0.2, 0) is 33.4 Å². The molecule has 0 bridgehead atoms. The molecule has 1 N–H and O–H groups in total. The number of nitrogens with zero attached hydrogens (tertiary/aromatic N) is 1. The van der Waals surface area contributed by atoms with E-state index in [2.05, 4.69) is 5.32 Å². The molecule has 0 aliphatic carbocycles. The molecule has 2 heterocycles. The maximum Gasteiger partial charge on any atom is 0.332 e. The first-order valence-electron chi connectivity index (χ1n) is 6.89. The third kappa shape index (κ3) is 3.94. The van der Waals surface area contributed by atoms with Crippen LogP contribution in [0.15, 0.2) is 0 Å². The zero-order chi connectivity index (χ0) is 16.3. The molecule has 0 saturated carbocycles. The summed E-state index contributed by atoms with van der Waals surface area (Å²) in [7, 11) is 0. The molecular weight excluding hydrogens is 296 g/mol. The van der Waals surface area contributed by atoms with E-state index < -0.39 is 23.9 Å². The van der Waals surface area contributed by atoms with Gasteiger partial charge in [0.25, 0.3) is 0 Å². The monoisotopic (exact) mass is 314 g/mol. The van der Waals surface area contributed by atoms with E-state index in [1.165, 1.54) is 13.8 Å². The zero-order valence-electron chi connectivity index (χ0n) is 12.4. The van der Waals surface area contributed by atoms with Crippen molar-refractivity contribution in [3.05, 3.63) is 0 Å². The Bertz CT molecular complexity index is 493. The second-order valence-electron chi connectivity index (χ2n) is 5.15. The fourth-order valence-electron chi connectivity index (χ4n) is 2.23. The van der Waals surface area contributed by atoms with Gasteiger partial charge in [0.15, 0.2) is 6.04 Å². The summed E-state index contributed by atoms with van der Waals surface area (Å²) >= 11 is 0. The lowest BCUT2D eigenvalue weighted by Gasteiger charge is -2.31. The second-order valence-corrected chi connectivity index (χ2v) is 5.15. The Balaban J connectivity index is 1.78. The number of β-lactam (4-membered cyclic amide) rings is 1. The number of carbonyl (C=O) groups is 4. The summed E-state index contributed by atoms with van der Waals surface area (Å²) in [4.78, 5) is 46.6. The summed E-state index contributed by atoms with van der Waals surface area (Å²) < 4.78 is 15.3. The molecule has 3 atom stereocenters. The first-order chi connectivity index (χ1) is 10.4. The third-order valence-electron chi connectivity index (χ3n) is 3.29. The van der Waals surface area contributed by atoms with Crippen molar-refractivity contribution in [2.45, 2.75) is 38.6 Å². The van der Waals surface area contributed by atoms with Gasteiger partial charge >= 0.3 is 11.9 Å². The molecule has 0 aromatic heterocycles. The van der Waals surface area contributed by atoms with Crippen molar-refractivity contribution in [2.75, 3.05) is 19.8 Å². The molecule has 0 radical (unpaired) electrons. The van der Waals surface area contributed by atoms with Gasteiger partial charge in [0.1, 0.15) is 25.5 Å². The Labute approximate surface area is 126 Å². The highest BCUT2D eigenvalue weighted by molar-refractivity contribution is 5.84. The minimum atomic E-state index is -1.07. The van der Waals surface area contributed by atoms with Gasteiger partial charge in [-0.3, -0.25) is 14.4 Å². The molecule has 2 rings (SSSR count). The number of amides is 2. The molecule has 0 spiro atoms. The number of carbonyl (C=O) groups excluding carboxylic acids is 4. The van der Waals surface area contributed by atoms with E-state index >= 15 is 0 Å². The Morgan fingerprint density at radius 3 is 2.64 bits per heavy atom. The molecule has 2 aliphatic rings. The van der Waals surface area contributed by atoms with Crippen LogP contribution < -0.4 is 5.32 Å². The number of rotatable bonds is 6. The van der Waals surface area contributed by atoms with E-state index in [0.717, 1.165) is 0 Å². The van der Waals surface area contributed by atoms with Crippen LogP contribution >= 0.6 is 0 Å². The van der Waals surface area contributed by atoms with Crippen molar-refractivity contribution in [1.29, 1.82) is 0 Å². The quantitative estimate of drug-likeness (QED) is 0.472. The number of hydrogen-bond acceptors (Lipinski definition) is 7. The molecule has 9 nitrogen and oxygen atoms in total. The largest absolute Gasteiger partial charge is 0.463 e. The Kier molecular flexibility index (Phi) is 4.96. The van der Waals surface area contributed by atoms with Gasteiger partial charge in [-0.2, -0.15) is 0 Å². The maximum atomic E-state index is 11.9. The number of hydrogen-bond donors (Lipinski definition) is 1. The molecule has 0 aromatic rings. The standard InChI is InChI=1S/C13H18N2O7/c1-7(16)14-10(6-20-8(2)17)13(19)21-5-9-4-15-11(18)3-12(15)22-9/h9-10,12H,3-6H2,1-2H3,(H,14,16). The lowest BCUT2D eigenvalue weighted by atomic mass is 10.2. The van der Waals surface area contributed by atoms with E-state index in [1.807, 2.05) is 0 Å². The van der Waals surface area contributed by atoms with Gasteiger partial charge in [-0.1, -0.05) is 0 Å². The molecular formula is C13H18N2O7. The SMILES string of the molecule is CC(=O)NC(COC(C)=O)C(=O)OCC1CN2C(=O)CC2O1. The van der Waals surface area contributed by atoms with Gasteiger partial charge in [-0.25, -0.2) is 4.79 Å². The summed E-state index contributed by atoms with van der Waals surface area (Å²) in [5, 5.41) is 2.35. The van der Waals surface area contributed by atoms with Gasteiger partial charge in [-0.05, 0) is 0 Å². The fraction of sp³-hybridized carbons (Fsp3) is 0.692. The van der Waals surface area contributed by atoms with E-state index in [9.17, 15) is 19.2 Å². The smallest absolute Gasteiger partial charge is 0.332 e. The molecule has 2 fully saturated rings. The molecule has 122 valence electrons. The lowest BCUT2D eigenvalue weighted by Crippen LogP contribution is -2.48. The Hall–Kier alpha value is -2.16. The topological polar surface area (TPSA) is 111 Å². The van der Waals surface area contributed by atoms with E-state index in [-0.39, 0.29) is 31.5 Å². The third-order valence-corrected chi connectivity index (χ3v) is 3.29. The Morgan fingerprint density at radius 2 is 2.09 bits per heavy atom.